The van der Waals surface area contributed by atoms with Crippen LogP contribution in [0.1, 0.15) is 20.3 Å². The first-order valence-corrected chi connectivity index (χ1v) is 15.8. The smallest absolute Gasteiger partial charge is 0.317 e. The molecule has 1 saturated heterocycles. The fourth-order valence-electron chi connectivity index (χ4n) is 4.28. The van der Waals surface area contributed by atoms with Crippen LogP contribution >= 0.6 is 7.82 Å². The van der Waals surface area contributed by atoms with Crippen molar-refractivity contribution >= 4 is 34.7 Å². The number of aliphatic hydroxyl groups is 1. The van der Waals surface area contributed by atoms with Gasteiger partial charge in [0.25, 0.3) is 10.1 Å². The third-order valence-corrected chi connectivity index (χ3v) is 7.85. The normalized spacial score (nSPS) is 24.1. The third-order valence-electron chi connectivity index (χ3n) is 6.13. The van der Waals surface area contributed by atoms with Gasteiger partial charge in [0.1, 0.15) is 29.8 Å². The van der Waals surface area contributed by atoms with Gasteiger partial charge in [0.15, 0.2) is 6.10 Å². The van der Waals surface area contributed by atoms with Crippen molar-refractivity contribution in [2.75, 3.05) is 13.2 Å². The lowest BCUT2D eigenvalue weighted by atomic mass is 9.98. The second kappa shape index (κ2) is 13.5. The average Bonchev–Trinajstić information content (AvgIpc) is 2.93. The molecule has 1 aliphatic heterocycles. The lowest BCUT2D eigenvalue weighted by molar-refractivity contribution is -0.288. The molecule has 3 aromatic rings. The van der Waals surface area contributed by atoms with Gasteiger partial charge in [-0.05, 0) is 53.6 Å². The first-order chi connectivity index (χ1) is 19.9. The van der Waals surface area contributed by atoms with Crippen molar-refractivity contribution in [3.8, 4) is 11.5 Å². The van der Waals surface area contributed by atoms with Gasteiger partial charge in [-0.15, -0.1) is 0 Å². The molecule has 2 N–H and O–H groups in total. The van der Waals surface area contributed by atoms with Crippen LogP contribution in [0.15, 0.2) is 71.6 Å². The van der Waals surface area contributed by atoms with Crippen molar-refractivity contribution in [2.24, 2.45) is 0 Å². The number of phosphoric acid groups is 1. The summed E-state index contributed by atoms with van der Waals surface area (Å²) in [5.41, 5.74) is 0. The highest BCUT2D eigenvalue weighted by atomic mass is 32.2. The number of aliphatic hydroxyl groups excluding tert-OH is 1. The monoisotopic (exact) mass is 625 g/mol. The number of hydrogen-bond donors (Lipinski definition) is 2. The molecule has 0 aromatic heterocycles. The van der Waals surface area contributed by atoms with Crippen molar-refractivity contribution in [3.63, 3.8) is 0 Å². The highest BCUT2D eigenvalue weighted by Gasteiger charge is 2.49. The molecule has 4 rings (SSSR count). The predicted octanol–water partition coefficient (Wildman–Crippen LogP) is 2.28. The van der Waals surface area contributed by atoms with E-state index in [4.69, 9.17) is 28.0 Å². The Morgan fingerprint density at radius 3 is 2.33 bits per heavy atom. The van der Waals surface area contributed by atoms with Gasteiger partial charge in [-0.2, -0.15) is 8.42 Å². The number of esters is 1. The van der Waals surface area contributed by atoms with Gasteiger partial charge in [-0.25, -0.2) is 0 Å². The van der Waals surface area contributed by atoms with E-state index in [2.05, 4.69) is 4.52 Å². The number of carbonyl (C=O) groups excluding carboxylic acids is 1. The first-order valence-electron chi connectivity index (χ1n) is 12.9. The van der Waals surface area contributed by atoms with Crippen molar-refractivity contribution < 1.29 is 60.3 Å². The number of ether oxygens (including phenoxy) is 4. The third kappa shape index (κ3) is 8.27. The maximum absolute atomic E-state index is 13.0. The molecular formula is C27H30O13PS-. The van der Waals surface area contributed by atoms with E-state index >= 15 is 0 Å². The van der Waals surface area contributed by atoms with Gasteiger partial charge in [-0.3, -0.25) is 13.5 Å². The van der Waals surface area contributed by atoms with E-state index in [1.54, 1.807) is 18.2 Å². The standard InChI is InChI=1S/C27H31O13PS/c1-3-14-35-25-24(29)23(16-36-42(33,34)22-13-8-18-6-4-5-7-19(18)15-22)39-27(26(25)37-17(2)28)38-20-9-11-21(12-10-20)40-41(30,31)32/h4-13,15,23-27,29H,3,14,16H2,1-2H3,(H2,30,31,32)/p-1. The van der Waals surface area contributed by atoms with Crippen LogP contribution in [0, 0.1) is 0 Å². The highest BCUT2D eigenvalue weighted by Crippen LogP contribution is 2.35. The molecule has 0 amide bonds. The lowest BCUT2D eigenvalue weighted by Crippen LogP contribution is -2.62. The molecular weight excluding hydrogens is 595 g/mol. The number of hydrogen-bond acceptors (Lipinski definition) is 12. The summed E-state index contributed by atoms with van der Waals surface area (Å²) in [5, 5.41) is 12.6. The van der Waals surface area contributed by atoms with Crippen LogP contribution in [0.2, 0.25) is 0 Å². The zero-order valence-electron chi connectivity index (χ0n) is 22.6. The quantitative estimate of drug-likeness (QED) is 0.170. The van der Waals surface area contributed by atoms with Crippen LogP contribution in [0.4, 0.5) is 0 Å². The van der Waals surface area contributed by atoms with Gasteiger partial charge >= 0.3 is 13.8 Å². The molecule has 0 saturated carbocycles. The topological polar surface area (TPSA) is 187 Å². The fraction of sp³-hybridized carbons (Fsp3) is 0.370. The molecule has 1 aliphatic rings. The maximum atomic E-state index is 13.0. The van der Waals surface area contributed by atoms with E-state index in [1.165, 1.54) is 36.4 Å². The van der Waals surface area contributed by atoms with Crippen LogP contribution in [-0.4, -0.2) is 68.3 Å². The van der Waals surface area contributed by atoms with Crippen molar-refractivity contribution in [1.82, 2.24) is 0 Å². The van der Waals surface area contributed by atoms with Crippen LogP contribution in [-0.2, 0) is 37.9 Å². The van der Waals surface area contributed by atoms with Crippen molar-refractivity contribution in [3.05, 3.63) is 66.7 Å². The summed E-state index contributed by atoms with van der Waals surface area (Å²) in [6.07, 6.45) is -6.12. The number of phosphoric ester groups is 1. The zero-order chi connectivity index (χ0) is 30.5. The Labute approximate surface area is 242 Å². The molecule has 15 heteroatoms. The van der Waals surface area contributed by atoms with Crippen LogP contribution in [0.5, 0.6) is 11.5 Å². The Morgan fingerprint density at radius 2 is 1.69 bits per heavy atom. The molecule has 3 aromatic carbocycles. The highest BCUT2D eigenvalue weighted by molar-refractivity contribution is 7.86. The van der Waals surface area contributed by atoms with Crippen molar-refractivity contribution in [2.45, 2.75) is 55.9 Å². The minimum atomic E-state index is -5.03. The van der Waals surface area contributed by atoms with E-state index in [1.807, 2.05) is 19.1 Å². The molecule has 6 atom stereocenters. The predicted molar refractivity (Wildman–Crippen MR) is 145 cm³/mol. The zero-order valence-corrected chi connectivity index (χ0v) is 24.3. The summed E-state index contributed by atoms with van der Waals surface area (Å²) >= 11 is 0. The molecule has 0 aliphatic carbocycles. The van der Waals surface area contributed by atoms with Crippen molar-refractivity contribution in [1.29, 1.82) is 0 Å². The number of benzene rings is 3. The van der Waals surface area contributed by atoms with E-state index in [0.29, 0.717) is 11.8 Å². The van der Waals surface area contributed by atoms with Gasteiger partial charge < -0.3 is 38.4 Å². The Balaban J connectivity index is 1.56. The number of carbonyl (C=O) groups is 1. The molecule has 1 heterocycles. The van der Waals surface area contributed by atoms with Gasteiger partial charge in [0.2, 0.25) is 6.29 Å². The second-order valence-corrected chi connectivity index (χ2v) is 12.1. The molecule has 0 spiro atoms. The van der Waals surface area contributed by atoms with Gasteiger partial charge in [-0.1, -0.05) is 37.3 Å². The Kier molecular flexibility index (Phi) is 10.2. The molecule has 228 valence electrons. The minimum Gasteiger partial charge on any atom is -0.746 e. The second-order valence-electron chi connectivity index (χ2n) is 9.34. The molecule has 0 radical (unpaired) electrons. The number of rotatable bonds is 12. The van der Waals surface area contributed by atoms with Gasteiger partial charge in [0, 0.05) is 13.5 Å². The summed E-state index contributed by atoms with van der Waals surface area (Å²) in [5.74, 6) is -0.827. The molecule has 6 unspecified atom stereocenters. The summed E-state index contributed by atoms with van der Waals surface area (Å²) in [6, 6.07) is 16.7. The Bertz CT molecular complexity index is 1520. The van der Waals surface area contributed by atoms with E-state index in [9.17, 15) is 27.8 Å². The van der Waals surface area contributed by atoms with E-state index < -0.39 is 61.2 Å². The lowest BCUT2D eigenvalue weighted by Gasteiger charge is -2.43. The molecule has 13 nitrogen and oxygen atoms in total. The minimum absolute atomic E-state index is 0.0938. The first kappa shape index (κ1) is 31.9. The van der Waals surface area contributed by atoms with Crippen LogP contribution in [0.25, 0.3) is 10.8 Å². The fourth-order valence-corrected chi connectivity index (χ4v) is 5.62. The Morgan fingerprint density at radius 1 is 1.02 bits per heavy atom. The summed E-state index contributed by atoms with van der Waals surface area (Å²) < 4.78 is 69.6. The Hall–Kier alpha value is -3.07. The summed E-state index contributed by atoms with van der Waals surface area (Å²) in [4.78, 5) is 31.7. The summed E-state index contributed by atoms with van der Waals surface area (Å²) in [6.45, 7) is 2.51. The molecule has 1 fully saturated rings. The SMILES string of the molecule is CCCOC1C(O)C(COS(=O)(=O)c2ccc3ccccc3c2)OC(Oc2ccc(OP(=O)([O-])O)cc2)C1OC(C)=O. The van der Waals surface area contributed by atoms with Gasteiger partial charge in [0.05, 0.1) is 11.5 Å². The van der Waals surface area contributed by atoms with E-state index in [-0.39, 0.29) is 23.0 Å². The molecule has 42 heavy (non-hydrogen) atoms. The number of fused-ring (bicyclic) bond motifs is 1. The largest absolute Gasteiger partial charge is 0.746 e. The van der Waals surface area contributed by atoms with Crippen LogP contribution < -0.4 is 14.2 Å². The summed E-state index contributed by atoms with van der Waals surface area (Å²) in [7, 11) is -9.31. The molecule has 0 bridgehead atoms. The maximum Gasteiger partial charge on any atom is 0.317 e. The van der Waals surface area contributed by atoms with E-state index in [0.717, 1.165) is 12.3 Å². The average molecular weight is 626 g/mol. The van der Waals surface area contributed by atoms with Crippen LogP contribution in [0.3, 0.4) is 0 Å².